The Morgan fingerprint density at radius 3 is 2.50 bits per heavy atom. The third-order valence-electron chi connectivity index (χ3n) is 3.72. The fraction of sp³-hybridized carbons (Fsp3) is 0.158. The van der Waals surface area contributed by atoms with Gasteiger partial charge in [-0.2, -0.15) is 5.10 Å². The lowest BCUT2D eigenvalue weighted by molar-refractivity contribution is -0.136. The van der Waals surface area contributed by atoms with Gasteiger partial charge in [-0.25, -0.2) is 9.97 Å². The molecule has 3 aromatic rings. The van der Waals surface area contributed by atoms with Crippen molar-refractivity contribution in [2.24, 2.45) is 5.10 Å². The maximum absolute atomic E-state index is 10.9. The van der Waals surface area contributed by atoms with E-state index in [4.69, 9.17) is 9.84 Å². The molecule has 0 fully saturated rings. The molecule has 0 saturated heterocycles. The van der Waals surface area contributed by atoms with Crippen LogP contribution in [0.4, 0.5) is 5.82 Å². The summed E-state index contributed by atoms with van der Waals surface area (Å²) in [5.74, 6) is 0.341. The number of hydrogen-bond acceptors (Lipinski definition) is 6. The number of aryl methyl sites for hydroxylation is 1. The Balaban J connectivity index is 1.82. The van der Waals surface area contributed by atoms with Gasteiger partial charge in [-0.1, -0.05) is 12.1 Å². The summed E-state index contributed by atoms with van der Waals surface area (Å²) in [5, 5.41) is 13.1. The van der Waals surface area contributed by atoms with Crippen molar-refractivity contribution in [2.45, 2.75) is 12.8 Å². The number of fused-ring (bicyclic) bond motifs is 1. The Labute approximate surface area is 150 Å². The molecule has 0 atom stereocenters. The molecule has 0 unspecified atom stereocenters. The van der Waals surface area contributed by atoms with Crippen molar-refractivity contribution in [3.8, 4) is 5.75 Å². The van der Waals surface area contributed by atoms with Crippen molar-refractivity contribution in [2.75, 3.05) is 12.5 Å². The highest BCUT2D eigenvalue weighted by atomic mass is 16.5. The summed E-state index contributed by atoms with van der Waals surface area (Å²) in [7, 11) is 1.61. The number of nitrogens with zero attached hydrogens (tertiary/aromatic N) is 3. The second kappa shape index (κ2) is 8.06. The molecule has 1 aromatic heterocycles. The summed E-state index contributed by atoms with van der Waals surface area (Å²) in [6, 6.07) is 14.9. The van der Waals surface area contributed by atoms with Gasteiger partial charge >= 0.3 is 5.97 Å². The predicted molar refractivity (Wildman–Crippen MR) is 99.7 cm³/mol. The van der Waals surface area contributed by atoms with Gasteiger partial charge < -0.3 is 9.84 Å². The molecule has 3 rings (SSSR count). The first-order valence-corrected chi connectivity index (χ1v) is 8.06. The maximum atomic E-state index is 10.9. The Hall–Kier alpha value is -3.48. The highest BCUT2D eigenvalue weighted by molar-refractivity contribution is 5.81. The van der Waals surface area contributed by atoms with Crippen molar-refractivity contribution in [1.82, 2.24) is 9.97 Å². The van der Waals surface area contributed by atoms with E-state index in [1.807, 2.05) is 48.5 Å². The number of carboxylic acids is 1. The molecule has 2 aromatic carbocycles. The number of rotatable bonds is 7. The van der Waals surface area contributed by atoms with Crippen LogP contribution in [0.15, 0.2) is 53.6 Å². The molecule has 0 amide bonds. The van der Waals surface area contributed by atoms with Gasteiger partial charge in [0.15, 0.2) is 5.82 Å². The average molecular weight is 350 g/mol. The maximum Gasteiger partial charge on any atom is 0.303 e. The van der Waals surface area contributed by atoms with Gasteiger partial charge in [0.25, 0.3) is 0 Å². The summed E-state index contributed by atoms with van der Waals surface area (Å²) in [6.07, 6.45) is 1.90. The quantitative estimate of drug-likeness (QED) is 0.502. The topological polar surface area (TPSA) is 96.7 Å². The number of ether oxygens (including phenoxy) is 1. The fourth-order valence-corrected chi connectivity index (χ4v) is 2.38. The Morgan fingerprint density at radius 2 is 1.85 bits per heavy atom. The van der Waals surface area contributed by atoms with Crippen molar-refractivity contribution >= 4 is 29.0 Å². The van der Waals surface area contributed by atoms with E-state index in [1.165, 1.54) is 0 Å². The second-order valence-corrected chi connectivity index (χ2v) is 5.54. The first kappa shape index (κ1) is 17.3. The zero-order valence-electron chi connectivity index (χ0n) is 14.2. The van der Waals surface area contributed by atoms with Crippen LogP contribution in [0.1, 0.15) is 17.7 Å². The molecule has 0 spiro atoms. The van der Waals surface area contributed by atoms with E-state index in [0.29, 0.717) is 17.0 Å². The molecule has 0 aliphatic carbocycles. The summed E-state index contributed by atoms with van der Waals surface area (Å²) in [5.41, 5.74) is 5.77. The lowest BCUT2D eigenvalue weighted by Gasteiger charge is -2.08. The summed E-state index contributed by atoms with van der Waals surface area (Å²) < 4.78 is 5.12. The smallest absolute Gasteiger partial charge is 0.303 e. The van der Waals surface area contributed by atoms with Gasteiger partial charge in [-0.15, -0.1) is 0 Å². The minimum absolute atomic E-state index is 0.0239. The molecular weight excluding hydrogens is 332 g/mol. The number of methoxy groups -OCH3 is 1. The highest BCUT2D eigenvalue weighted by Crippen LogP contribution is 2.18. The van der Waals surface area contributed by atoms with Crippen LogP contribution in [-0.2, 0) is 11.2 Å². The van der Waals surface area contributed by atoms with Gasteiger partial charge in [0.2, 0.25) is 0 Å². The number of carbonyl (C=O) groups is 1. The van der Waals surface area contributed by atoms with Crippen LogP contribution >= 0.6 is 0 Å². The van der Waals surface area contributed by atoms with Crippen LogP contribution in [0.25, 0.3) is 11.0 Å². The standard InChI is InChI=1S/C19H18N4O3/c1-26-14-8-6-13(7-9-14)12-20-23-19-17(10-11-18(24)25)21-15-4-2-3-5-16(15)22-19/h2-9,12H,10-11H2,1H3,(H,22,23)(H,24,25)/b20-12+. The lowest BCUT2D eigenvalue weighted by atomic mass is 10.2. The number of hydrazone groups is 1. The third-order valence-corrected chi connectivity index (χ3v) is 3.72. The molecule has 0 aliphatic rings. The molecule has 7 heteroatoms. The lowest BCUT2D eigenvalue weighted by Crippen LogP contribution is -2.05. The minimum atomic E-state index is -0.882. The average Bonchev–Trinajstić information content (AvgIpc) is 2.66. The monoisotopic (exact) mass is 350 g/mol. The number of aromatic nitrogens is 2. The van der Waals surface area contributed by atoms with Crippen LogP contribution in [0.2, 0.25) is 0 Å². The van der Waals surface area contributed by atoms with Crippen LogP contribution in [0.3, 0.4) is 0 Å². The first-order chi connectivity index (χ1) is 12.7. The summed E-state index contributed by atoms with van der Waals surface area (Å²) in [6.45, 7) is 0. The Bertz CT molecular complexity index is 939. The van der Waals surface area contributed by atoms with Crippen LogP contribution < -0.4 is 10.2 Å². The largest absolute Gasteiger partial charge is 0.497 e. The number of para-hydroxylation sites is 2. The van der Waals surface area contributed by atoms with Crippen LogP contribution in [0.5, 0.6) is 5.75 Å². The van der Waals surface area contributed by atoms with Crippen molar-refractivity contribution in [1.29, 1.82) is 0 Å². The van der Waals surface area contributed by atoms with Crippen molar-refractivity contribution < 1.29 is 14.6 Å². The summed E-state index contributed by atoms with van der Waals surface area (Å²) >= 11 is 0. The first-order valence-electron chi connectivity index (χ1n) is 8.06. The summed E-state index contributed by atoms with van der Waals surface area (Å²) in [4.78, 5) is 19.9. The minimum Gasteiger partial charge on any atom is -0.497 e. The van der Waals surface area contributed by atoms with Gasteiger partial charge in [0, 0.05) is 6.42 Å². The third kappa shape index (κ3) is 4.32. The molecular formula is C19H18N4O3. The van der Waals surface area contributed by atoms with Gasteiger partial charge in [-0.05, 0) is 42.0 Å². The molecule has 7 nitrogen and oxygen atoms in total. The normalized spacial score (nSPS) is 11.0. The number of nitrogens with one attached hydrogen (secondary N) is 1. The Morgan fingerprint density at radius 1 is 1.15 bits per heavy atom. The van der Waals surface area contributed by atoms with E-state index < -0.39 is 5.97 Å². The molecule has 0 bridgehead atoms. The number of hydrogen-bond donors (Lipinski definition) is 2. The molecule has 0 radical (unpaired) electrons. The van der Waals surface area contributed by atoms with E-state index in [0.717, 1.165) is 16.8 Å². The fourth-order valence-electron chi connectivity index (χ4n) is 2.38. The molecule has 132 valence electrons. The van der Waals surface area contributed by atoms with E-state index in [-0.39, 0.29) is 12.8 Å². The number of carboxylic acid groups (broad SMARTS) is 1. The van der Waals surface area contributed by atoms with Crippen LogP contribution in [0, 0.1) is 0 Å². The number of anilines is 1. The van der Waals surface area contributed by atoms with Gasteiger partial charge in [0.05, 0.1) is 36.5 Å². The van der Waals surface area contributed by atoms with E-state index in [9.17, 15) is 4.79 Å². The molecule has 2 N–H and O–H groups in total. The zero-order chi connectivity index (χ0) is 18.4. The second-order valence-electron chi connectivity index (χ2n) is 5.54. The molecule has 1 heterocycles. The molecule has 26 heavy (non-hydrogen) atoms. The van der Waals surface area contributed by atoms with Crippen molar-refractivity contribution in [3.05, 3.63) is 59.8 Å². The number of benzene rings is 2. The van der Waals surface area contributed by atoms with Crippen LogP contribution in [-0.4, -0.2) is 34.4 Å². The Kier molecular flexibility index (Phi) is 5.38. The van der Waals surface area contributed by atoms with Gasteiger partial charge in [-0.3, -0.25) is 10.2 Å². The van der Waals surface area contributed by atoms with Crippen molar-refractivity contribution in [3.63, 3.8) is 0 Å². The highest BCUT2D eigenvalue weighted by Gasteiger charge is 2.10. The van der Waals surface area contributed by atoms with E-state index in [1.54, 1.807) is 13.3 Å². The molecule has 0 saturated carbocycles. The SMILES string of the molecule is COc1ccc(/C=N/Nc2nc3ccccc3nc2CCC(=O)O)cc1. The molecule has 0 aliphatic heterocycles. The predicted octanol–water partition coefficient (Wildman–Crippen LogP) is 3.10. The van der Waals surface area contributed by atoms with Gasteiger partial charge in [0.1, 0.15) is 5.75 Å². The number of aliphatic carboxylic acids is 1. The zero-order valence-corrected chi connectivity index (χ0v) is 14.2. The van der Waals surface area contributed by atoms with E-state index >= 15 is 0 Å². The van der Waals surface area contributed by atoms with E-state index in [2.05, 4.69) is 20.5 Å².